The molecule has 1 heterocycles. The van der Waals surface area contributed by atoms with E-state index < -0.39 is 5.97 Å². The van der Waals surface area contributed by atoms with Crippen LogP contribution >= 0.6 is 0 Å². The lowest BCUT2D eigenvalue weighted by Crippen LogP contribution is -2.38. The van der Waals surface area contributed by atoms with Crippen LogP contribution in [0.2, 0.25) is 0 Å². The van der Waals surface area contributed by atoms with Crippen LogP contribution in [0.4, 0.5) is 5.69 Å². The first-order valence-electron chi connectivity index (χ1n) is 6.47. The van der Waals surface area contributed by atoms with Crippen LogP contribution in [-0.2, 0) is 16.0 Å². The van der Waals surface area contributed by atoms with Crippen LogP contribution in [0.1, 0.15) is 18.9 Å². The van der Waals surface area contributed by atoms with Gasteiger partial charge in [0.25, 0.3) is 0 Å². The van der Waals surface area contributed by atoms with Crippen molar-refractivity contribution in [1.29, 1.82) is 0 Å². The first-order chi connectivity index (χ1) is 9.26. The van der Waals surface area contributed by atoms with E-state index in [9.17, 15) is 4.79 Å². The van der Waals surface area contributed by atoms with Crippen LogP contribution in [0.15, 0.2) is 24.3 Å². The van der Waals surface area contributed by atoms with Crippen molar-refractivity contribution in [2.75, 3.05) is 24.6 Å². The second-order valence-corrected chi connectivity index (χ2v) is 4.42. The lowest BCUT2D eigenvalue weighted by molar-refractivity contribution is -0.139. The van der Waals surface area contributed by atoms with Crippen LogP contribution in [0.25, 0.3) is 5.53 Å². The molecule has 5 heteroatoms. The van der Waals surface area contributed by atoms with Crippen molar-refractivity contribution < 1.29 is 14.3 Å². The van der Waals surface area contributed by atoms with E-state index in [0.717, 1.165) is 25.1 Å². The molecule has 0 radical (unpaired) electrons. The Kier molecular flexibility index (Phi) is 4.31. The van der Waals surface area contributed by atoms with Crippen molar-refractivity contribution >= 4 is 17.4 Å². The minimum atomic E-state index is -0.562. The maximum atomic E-state index is 11.6. The number of carbonyl (C=O) groups is 1. The minimum absolute atomic E-state index is 0.0403. The SMILES string of the molecule is CCOC(=O)C(CN1CCCc2ccccc21)=[N+]=[N-]. The topological polar surface area (TPSA) is 65.9 Å². The maximum absolute atomic E-state index is 11.6. The summed E-state index contributed by atoms with van der Waals surface area (Å²) in [5, 5.41) is 0. The Hall–Kier alpha value is -2.13. The summed E-state index contributed by atoms with van der Waals surface area (Å²) >= 11 is 0. The van der Waals surface area contributed by atoms with Gasteiger partial charge in [-0.05, 0) is 31.4 Å². The van der Waals surface area contributed by atoms with Gasteiger partial charge in [0, 0.05) is 12.2 Å². The number of carbonyl (C=O) groups excluding carboxylic acids is 1. The van der Waals surface area contributed by atoms with Gasteiger partial charge in [0.05, 0.1) is 6.61 Å². The first-order valence-corrected chi connectivity index (χ1v) is 6.47. The van der Waals surface area contributed by atoms with E-state index in [1.165, 1.54) is 5.56 Å². The average Bonchev–Trinajstić information content (AvgIpc) is 2.45. The Balaban J connectivity index is 2.16. The first kappa shape index (κ1) is 13.3. The molecule has 0 amide bonds. The third kappa shape index (κ3) is 3.01. The number of anilines is 1. The molecule has 5 nitrogen and oxygen atoms in total. The Labute approximate surface area is 112 Å². The van der Waals surface area contributed by atoms with Gasteiger partial charge in [0.2, 0.25) is 0 Å². The van der Waals surface area contributed by atoms with Gasteiger partial charge in [-0.25, -0.2) is 4.79 Å². The summed E-state index contributed by atoms with van der Waals surface area (Å²) in [7, 11) is 0. The quantitative estimate of drug-likeness (QED) is 0.357. The molecular weight excluding hydrogens is 242 g/mol. The van der Waals surface area contributed by atoms with Crippen molar-refractivity contribution in [3.05, 3.63) is 35.4 Å². The summed E-state index contributed by atoms with van der Waals surface area (Å²) in [6.07, 6.45) is 2.07. The molecular formula is C14H17N3O2. The molecule has 1 aromatic carbocycles. The molecule has 0 fully saturated rings. The van der Waals surface area contributed by atoms with E-state index >= 15 is 0 Å². The van der Waals surface area contributed by atoms with E-state index in [1.807, 2.05) is 23.1 Å². The minimum Gasteiger partial charge on any atom is -0.457 e. The highest BCUT2D eigenvalue weighted by Gasteiger charge is 2.27. The maximum Gasteiger partial charge on any atom is 0.418 e. The molecule has 0 atom stereocenters. The lowest BCUT2D eigenvalue weighted by Gasteiger charge is -2.29. The summed E-state index contributed by atoms with van der Waals surface area (Å²) in [6, 6.07) is 8.09. The number of esters is 1. The van der Waals surface area contributed by atoms with E-state index in [2.05, 4.69) is 10.9 Å². The molecule has 2 rings (SSSR count). The molecule has 1 aromatic rings. The molecule has 19 heavy (non-hydrogen) atoms. The standard InChI is InChI=1S/C14H17N3O2/c1-2-19-14(18)12(16-15)10-17-9-5-7-11-6-3-4-8-13(11)17/h3-4,6,8H,2,5,7,9-10H2,1H3. The Morgan fingerprint density at radius 1 is 1.47 bits per heavy atom. The van der Waals surface area contributed by atoms with Crippen LogP contribution in [0.5, 0.6) is 0 Å². The second-order valence-electron chi connectivity index (χ2n) is 4.42. The fourth-order valence-electron chi connectivity index (χ4n) is 2.31. The zero-order valence-corrected chi connectivity index (χ0v) is 11.0. The molecule has 1 aliphatic heterocycles. The highest BCUT2D eigenvalue weighted by Crippen LogP contribution is 2.26. The number of hydrogen-bond acceptors (Lipinski definition) is 3. The number of para-hydroxylation sites is 1. The van der Waals surface area contributed by atoms with Crippen molar-refractivity contribution in [1.82, 2.24) is 0 Å². The van der Waals surface area contributed by atoms with Gasteiger partial charge >= 0.3 is 11.7 Å². The monoisotopic (exact) mass is 259 g/mol. The molecule has 0 N–H and O–H groups in total. The van der Waals surface area contributed by atoms with E-state index in [4.69, 9.17) is 10.3 Å². The molecule has 0 spiro atoms. The van der Waals surface area contributed by atoms with Gasteiger partial charge in [-0.1, -0.05) is 18.2 Å². The van der Waals surface area contributed by atoms with Crippen molar-refractivity contribution in [3.63, 3.8) is 0 Å². The smallest absolute Gasteiger partial charge is 0.418 e. The van der Waals surface area contributed by atoms with Crippen LogP contribution in [-0.4, -0.2) is 36.2 Å². The highest BCUT2D eigenvalue weighted by molar-refractivity contribution is 6.35. The highest BCUT2D eigenvalue weighted by atomic mass is 16.5. The zero-order valence-electron chi connectivity index (χ0n) is 11.0. The molecule has 1 aliphatic rings. The molecule has 0 saturated heterocycles. The Morgan fingerprint density at radius 2 is 2.26 bits per heavy atom. The third-order valence-electron chi connectivity index (χ3n) is 3.18. The average molecular weight is 259 g/mol. The van der Waals surface area contributed by atoms with Gasteiger partial charge in [0.1, 0.15) is 6.54 Å². The molecule has 0 aliphatic carbocycles. The van der Waals surface area contributed by atoms with E-state index in [1.54, 1.807) is 6.92 Å². The number of ether oxygens (including phenoxy) is 1. The predicted octanol–water partition coefficient (Wildman–Crippen LogP) is 1.67. The van der Waals surface area contributed by atoms with E-state index in [0.29, 0.717) is 0 Å². The molecule has 0 bridgehead atoms. The number of rotatable bonds is 4. The predicted molar refractivity (Wildman–Crippen MR) is 72.2 cm³/mol. The molecule has 0 saturated carbocycles. The molecule has 0 aromatic heterocycles. The van der Waals surface area contributed by atoms with Crippen molar-refractivity contribution in [2.24, 2.45) is 0 Å². The van der Waals surface area contributed by atoms with Gasteiger partial charge in [-0.15, -0.1) is 0 Å². The van der Waals surface area contributed by atoms with Gasteiger partial charge in [-0.3, -0.25) is 0 Å². The van der Waals surface area contributed by atoms with Crippen molar-refractivity contribution in [3.8, 4) is 0 Å². The van der Waals surface area contributed by atoms with Gasteiger partial charge < -0.3 is 15.2 Å². The fraction of sp³-hybridized carbons (Fsp3) is 0.429. The third-order valence-corrected chi connectivity index (χ3v) is 3.18. The lowest BCUT2D eigenvalue weighted by atomic mass is 10.0. The summed E-state index contributed by atoms with van der Waals surface area (Å²) < 4.78 is 4.87. The number of nitrogens with zero attached hydrogens (tertiary/aromatic N) is 3. The number of hydrogen-bond donors (Lipinski definition) is 0. The van der Waals surface area contributed by atoms with Crippen LogP contribution in [0.3, 0.4) is 0 Å². The Bertz CT molecular complexity index is 521. The molecule has 0 unspecified atom stereocenters. The van der Waals surface area contributed by atoms with Gasteiger partial charge in [-0.2, -0.15) is 4.79 Å². The summed E-state index contributed by atoms with van der Waals surface area (Å²) in [5.74, 6) is -0.562. The Morgan fingerprint density at radius 3 is 3.00 bits per heavy atom. The number of fused-ring (bicyclic) bond motifs is 1. The summed E-state index contributed by atoms with van der Waals surface area (Å²) in [5.41, 5.74) is 11.4. The van der Waals surface area contributed by atoms with E-state index in [-0.39, 0.29) is 18.9 Å². The summed E-state index contributed by atoms with van der Waals surface area (Å²) in [4.78, 5) is 16.7. The molecule has 100 valence electrons. The van der Waals surface area contributed by atoms with Crippen LogP contribution in [0, 0.1) is 0 Å². The van der Waals surface area contributed by atoms with Gasteiger partial charge in [0.15, 0.2) is 0 Å². The second kappa shape index (κ2) is 6.16. The fourth-order valence-corrected chi connectivity index (χ4v) is 2.31. The normalized spacial score (nSPS) is 13.4. The number of benzene rings is 1. The van der Waals surface area contributed by atoms with Crippen molar-refractivity contribution in [2.45, 2.75) is 19.8 Å². The number of aryl methyl sites for hydroxylation is 1. The zero-order chi connectivity index (χ0) is 13.7. The summed E-state index contributed by atoms with van der Waals surface area (Å²) in [6.45, 7) is 3.11. The van der Waals surface area contributed by atoms with Crippen LogP contribution < -0.4 is 4.90 Å². The largest absolute Gasteiger partial charge is 0.457 e.